The lowest BCUT2D eigenvalue weighted by Crippen LogP contribution is -2.32. The van der Waals surface area contributed by atoms with Crippen molar-refractivity contribution in [2.75, 3.05) is 18.5 Å². The Balaban J connectivity index is 1.72. The first kappa shape index (κ1) is 18.9. The maximum absolute atomic E-state index is 11.9. The predicted octanol–water partition coefficient (Wildman–Crippen LogP) is 4.64. The molecule has 0 saturated heterocycles. The second kappa shape index (κ2) is 9.18. The molecule has 2 amide bonds. The fourth-order valence-corrected chi connectivity index (χ4v) is 2.28. The van der Waals surface area contributed by atoms with Gasteiger partial charge in [0.15, 0.2) is 0 Å². The summed E-state index contributed by atoms with van der Waals surface area (Å²) in [6, 6.07) is 12.5. The van der Waals surface area contributed by atoms with Crippen LogP contribution in [0.1, 0.15) is 19.4 Å². The molecule has 2 aromatic carbocycles. The minimum absolute atomic E-state index is 0.115. The van der Waals surface area contributed by atoms with Gasteiger partial charge in [-0.2, -0.15) is 0 Å². The number of carbonyl (C=O) groups excluding carboxylic acids is 1. The summed E-state index contributed by atoms with van der Waals surface area (Å²) >= 11 is 6.05. The molecule has 0 aliphatic rings. The highest BCUT2D eigenvalue weighted by Crippen LogP contribution is 2.25. The molecule has 0 heterocycles. The summed E-state index contributed by atoms with van der Waals surface area (Å²) in [6.07, 6.45) is 0.115. The molecular formula is C19H23ClN2O3. The number of urea groups is 1. The van der Waals surface area contributed by atoms with Crippen LogP contribution >= 0.6 is 11.6 Å². The van der Waals surface area contributed by atoms with Crippen LogP contribution in [-0.4, -0.2) is 25.3 Å². The first-order valence-corrected chi connectivity index (χ1v) is 8.52. The number of benzene rings is 2. The van der Waals surface area contributed by atoms with Crippen molar-refractivity contribution in [3.63, 3.8) is 0 Å². The van der Waals surface area contributed by atoms with E-state index in [0.717, 1.165) is 11.3 Å². The summed E-state index contributed by atoms with van der Waals surface area (Å²) in [5, 5.41) is 6.04. The van der Waals surface area contributed by atoms with Crippen molar-refractivity contribution in [3.8, 4) is 11.5 Å². The molecule has 0 bridgehead atoms. The second-order valence-electron chi connectivity index (χ2n) is 5.85. The summed E-state index contributed by atoms with van der Waals surface area (Å²) < 4.78 is 11.1. The van der Waals surface area contributed by atoms with Gasteiger partial charge in [-0.3, -0.25) is 0 Å². The van der Waals surface area contributed by atoms with Crippen molar-refractivity contribution in [3.05, 3.63) is 53.1 Å². The van der Waals surface area contributed by atoms with E-state index in [1.807, 2.05) is 45.0 Å². The lowest BCUT2D eigenvalue weighted by molar-refractivity contribution is 0.242. The Labute approximate surface area is 153 Å². The Morgan fingerprint density at radius 3 is 2.56 bits per heavy atom. The summed E-state index contributed by atoms with van der Waals surface area (Å²) in [7, 11) is 0. The molecule has 2 N–H and O–H groups in total. The lowest BCUT2D eigenvalue weighted by Gasteiger charge is -2.12. The van der Waals surface area contributed by atoms with Crippen LogP contribution in [0.25, 0.3) is 0 Å². The number of halogens is 1. The van der Waals surface area contributed by atoms with Gasteiger partial charge >= 0.3 is 6.03 Å². The molecule has 0 spiro atoms. The van der Waals surface area contributed by atoms with Gasteiger partial charge in [0.2, 0.25) is 0 Å². The van der Waals surface area contributed by atoms with Crippen LogP contribution in [0.2, 0.25) is 5.02 Å². The number of anilines is 1. The molecule has 0 saturated carbocycles. The average molecular weight is 363 g/mol. The van der Waals surface area contributed by atoms with Crippen LogP contribution in [0.5, 0.6) is 11.5 Å². The number of ether oxygens (including phenoxy) is 2. The normalized spacial score (nSPS) is 10.4. The number of carbonyl (C=O) groups is 1. The van der Waals surface area contributed by atoms with Crippen molar-refractivity contribution in [2.24, 2.45) is 0 Å². The van der Waals surface area contributed by atoms with E-state index in [1.165, 1.54) is 0 Å². The van der Waals surface area contributed by atoms with Gasteiger partial charge in [-0.1, -0.05) is 17.7 Å². The van der Waals surface area contributed by atoms with Gasteiger partial charge in [-0.05, 0) is 62.7 Å². The molecular weight excluding hydrogens is 340 g/mol. The van der Waals surface area contributed by atoms with Gasteiger partial charge in [-0.15, -0.1) is 0 Å². The number of rotatable bonds is 7. The molecule has 0 fully saturated rings. The second-order valence-corrected chi connectivity index (χ2v) is 6.26. The monoisotopic (exact) mass is 362 g/mol. The number of nitrogens with one attached hydrogen (secondary N) is 2. The maximum atomic E-state index is 11.9. The zero-order chi connectivity index (χ0) is 18.2. The Kier molecular flexibility index (Phi) is 6.95. The molecule has 0 aromatic heterocycles. The third-order valence-corrected chi connectivity index (χ3v) is 3.53. The smallest absolute Gasteiger partial charge is 0.319 e. The number of amides is 2. The molecule has 0 radical (unpaired) electrons. The van der Waals surface area contributed by atoms with Gasteiger partial charge in [0.1, 0.15) is 18.1 Å². The minimum Gasteiger partial charge on any atom is -0.491 e. The average Bonchev–Trinajstić information content (AvgIpc) is 2.56. The van der Waals surface area contributed by atoms with E-state index in [-0.39, 0.29) is 12.1 Å². The molecule has 25 heavy (non-hydrogen) atoms. The zero-order valence-corrected chi connectivity index (χ0v) is 15.4. The van der Waals surface area contributed by atoms with E-state index >= 15 is 0 Å². The van der Waals surface area contributed by atoms with Crippen LogP contribution in [0, 0.1) is 6.92 Å². The third kappa shape index (κ3) is 6.55. The number of hydrogen-bond donors (Lipinski definition) is 2. The van der Waals surface area contributed by atoms with Gasteiger partial charge < -0.3 is 20.1 Å². The largest absolute Gasteiger partial charge is 0.491 e. The molecule has 134 valence electrons. The van der Waals surface area contributed by atoms with Crippen LogP contribution in [0.15, 0.2) is 42.5 Å². The standard InChI is InChI=1S/C19H23ClN2O3/c1-13(2)25-16-7-5-15(6-8-16)22-19(23)21-10-11-24-18-12-14(3)4-9-17(18)20/h4-9,12-13H,10-11H2,1-3H3,(H2,21,22,23). The van der Waals surface area contributed by atoms with Crippen molar-refractivity contribution in [2.45, 2.75) is 26.9 Å². The topological polar surface area (TPSA) is 59.6 Å². The van der Waals surface area contributed by atoms with E-state index in [4.69, 9.17) is 21.1 Å². The summed E-state index contributed by atoms with van der Waals surface area (Å²) in [5.74, 6) is 1.38. The zero-order valence-electron chi connectivity index (χ0n) is 14.6. The summed E-state index contributed by atoms with van der Waals surface area (Å²) in [4.78, 5) is 11.9. The molecule has 2 aromatic rings. The van der Waals surface area contributed by atoms with Crippen molar-refractivity contribution < 1.29 is 14.3 Å². The number of hydrogen-bond acceptors (Lipinski definition) is 3. The molecule has 2 rings (SSSR count). The first-order valence-electron chi connectivity index (χ1n) is 8.14. The third-order valence-electron chi connectivity index (χ3n) is 3.22. The Hall–Kier alpha value is -2.40. The van der Waals surface area contributed by atoms with E-state index in [2.05, 4.69) is 10.6 Å². The highest BCUT2D eigenvalue weighted by atomic mass is 35.5. The maximum Gasteiger partial charge on any atom is 0.319 e. The van der Waals surface area contributed by atoms with Gasteiger partial charge in [0.25, 0.3) is 0 Å². The summed E-state index contributed by atoms with van der Waals surface area (Å²) in [6.45, 7) is 6.59. The van der Waals surface area contributed by atoms with Crippen LogP contribution in [0.4, 0.5) is 10.5 Å². The van der Waals surface area contributed by atoms with Crippen LogP contribution in [0.3, 0.4) is 0 Å². The first-order chi connectivity index (χ1) is 11.9. The van der Waals surface area contributed by atoms with Crippen molar-refractivity contribution in [1.29, 1.82) is 0 Å². The molecule has 0 aliphatic heterocycles. The fraction of sp³-hybridized carbons (Fsp3) is 0.316. The Bertz CT molecular complexity index is 702. The summed E-state index contributed by atoms with van der Waals surface area (Å²) in [5.41, 5.74) is 1.76. The van der Waals surface area contributed by atoms with E-state index in [1.54, 1.807) is 18.2 Å². The molecule has 6 heteroatoms. The minimum atomic E-state index is -0.295. The fourth-order valence-electron chi connectivity index (χ4n) is 2.11. The Morgan fingerprint density at radius 2 is 1.88 bits per heavy atom. The van der Waals surface area contributed by atoms with Gasteiger partial charge in [0.05, 0.1) is 17.7 Å². The molecule has 0 aliphatic carbocycles. The SMILES string of the molecule is Cc1ccc(Cl)c(OCCNC(=O)Nc2ccc(OC(C)C)cc2)c1. The van der Waals surface area contributed by atoms with Gasteiger partial charge in [-0.25, -0.2) is 4.79 Å². The van der Waals surface area contributed by atoms with Crippen molar-refractivity contribution in [1.82, 2.24) is 5.32 Å². The molecule has 0 atom stereocenters. The van der Waals surface area contributed by atoms with Crippen LogP contribution < -0.4 is 20.1 Å². The number of aryl methyl sites for hydroxylation is 1. The van der Waals surface area contributed by atoms with Gasteiger partial charge in [0, 0.05) is 5.69 Å². The van der Waals surface area contributed by atoms with E-state index < -0.39 is 0 Å². The van der Waals surface area contributed by atoms with E-state index in [9.17, 15) is 4.79 Å². The van der Waals surface area contributed by atoms with E-state index in [0.29, 0.717) is 29.6 Å². The van der Waals surface area contributed by atoms with Crippen LogP contribution in [-0.2, 0) is 0 Å². The lowest BCUT2D eigenvalue weighted by atomic mass is 10.2. The van der Waals surface area contributed by atoms with Crippen molar-refractivity contribution >= 4 is 23.3 Å². The molecule has 0 unspecified atom stereocenters. The quantitative estimate of drug-likeness (QED) is 0.705. The predicted molar refractivity (Wildman–Crippen MR) is 101 cm³/mol. The molecule has 5 nitrogen and oxygen atoms in total. The Morgan fingerprint density at radius 1 is 1.16 bits per heavy atom. The highest BCUT2D eigenvalue weighted by Gasteiger charge is 2.04. The highest BCUT2D eigenvalue weighted by molar-refractivity contribution is 6.32.